The van der Waals surface area contributed by atoms with Crippen LogP contribution in [0.5, 0.6) is 11.5 Å². The summed E-state index contributed by atoms with van der Waals surface area (Å²) in [4.78, 5) is 17.0. The lowest BCUT2D eigenvalue weighted by atomic mass is 9.97. The SMILES string of the molecule is Cl.N#Cc1ccc(-c2cc(C(=O)N3C4CCC3CC(N)C4)sc2-c2ccc(OC(O)CCCCCCN)c(O)c2)cc1F. The van der Waals surface area contributed by atoms with Crippen molar-refractivity contribution in [2.75, 3.05) is 6.54 Å². The van der Waals surface area contributed by atoms with Crippen molar-refractivity contribution in [3.8, 4) is 39.1 Å². The van der Waals surface area contributed by atoms with Gasteiger partial charge in [-0.3, -0.25) is 4.79 Å². The number of piperidine rings is 1. The summed E-state index contributed by atoms with van der Waals surface area (Å²) >= 11 is 1.28. The minimum atomic E-state index is -1.06. The first-order valence-electron chi connectivity index (χ1n) is 14.6. The van der Waals surface area contributed by atoms with Crippen LogP contribution < -0.4 is 16.2 Å². The molecule has 2 bridgehead atoms. The molecular weight excluding hydrogens is 591 g/mol. The van der Waals surface area contributed by atoms with Crippen molar-refractivity contribution in [3.05, 3.63) is 58.7 Å². The average Bonchev–Trinajstić information content (AvgIpc) is 3.53. The van der Waals surface area contributed by atoms with E-state index in [1.54, 1.807) is 24.3 Å². The van der Waals surface area contributed by atoms with Crippen LogP contribution in [0, 0.1) is 17.1 Å². The van der Waals surface area contributed by atoms with Crippen molar-refractivity contribution < 1.29 is 24.1 Å². The smallest absolute Gasteiger partial charge is 0.264 e. The van der Waals surface area contributed by atoms with Crippen molar-refractivity contribution in [1.29, 1.82) is 5.26 Å². The number of hydrogen-bond donors (Lipinski definition) is 4. The number of benzene rings is 2. The highest BCUT2D eigenvalue weighted by Crippen LogP contribution is 2.44. The highest BCUT2D eigenvalue weighted by atomic mass is 35.5. The van der Waals surface area contributed by atoms with E-state index < -0.39 is 12.1 Å². The first kappa shape index (κ1) is 32.7. The highest BCUT2D eigenvalue weighted by Gasteiger charge is 2.43. The van der Waals surface area contributed by atoms with Gasteiger partial charge in [-0.25, -0.2) is 4.39 Å². The number of carbonyl (C=O) groups is 1. The highest BCUT2D eigenvalue weighted by molar-refractivity contribution is 7.18. The van der Waals surface area contributed by atoms with Gasteiger partial charge in [0.2, 0.25) is 0 Å². The molecule has 0 spiro atoms. The number of nitriles is 1. The fraction of sp³-hybridized carbons (Fsp3) is 0.438. The van der Waals surface area contributed by atoms with Gasteiger partial charge in [-0.05, 0) is 92.6 Å². The van der Waals surface area contributed by atoms with Gasteiger partial charge in [0.05, 0.1) is 10.4 Å². The van der Waals surface area contributed by atoms with Crippen LogP contribution in [0.15, 0.2) is 42.5 Å². The first-order chi connectivity index (χ1) is 20.3. The average molecular weight is 629 g/mol. The molecule has 2 aliphatic rings. The van der Waals surface area contributed by atoms with E-state index in [9.17, 15) is 24.7 Å². The van der Waals surface area contributed by atoms with Crippen molar-refractivity contribution in [1.82, 2.24) is 4.90 Å². The molecular formula is C32H38ClFN4O4S. The van der Waals surface area contributed by atoms with E-state index in [4.69, 9.17) is 16.2 Å². The number of hydrogen-bond acceptors (Lipinski definition) is 8. The molecule has 1 amide bonds. The molecule has 1 aromatic heterocycles. The zero-order valence-electron chi connectivity index (χ0n) is 23.9. The molecule has 3 aromatic rings. The summed E-state index contributed by atoms with van der Waals surface area (Å²) in [6.45, 7) is 0.648. The van der Waals surface area contributed by atoms with Gasteiger partial charge in [0.25, 0.3) is 5.91 Å². The molecule has 43 heavy (non-hydrogen) atoms. The largest absolute Gasteiger partial charge is 0.504 e. The minimum absolute atomic E-state index is 0. The number of aliphatic hydroxyl groups is 1. The topological polar surface area (TPSA) is 146 Å². The Kier molecular flexibility index (Phi) is 11.0. The quantitative estimate of drug-likeness (QED) is 0.152. The molecule has 3 unspecified atom stereocenters. The van der Waals surface area contributed by atoms with Gasteiger partial charge in [0, 0.05) is 35.0 Å². The monoisotopic (exact) mass is 628 g/mol. The molecule has 2 saturated heterocycles. The number of fused-ring (bicyclic) bond motifs is 2. The van der Waals surface area contributed by atoms with Crippen LogP contribution in [-0.2, 0) is 0 Å². The number of rotatable bonds is 11. The Morgan fingerprint density at radius 2 is 1.79 bits per heavy atom. The normalized spacial score (nSPS) is 19.9. The van der Waals surface area contributed by atoms with E-state index in [2.05, 4.69) is 0 Å². The Labute approximate surface area is 261 Å². The lowest BCUT2D eigenvalue weighted by molar-refractivity contribution is -0.0261. The number of amides is 1. The van der Waals surface area contributed by atoms with Gasteiger partial charge in [-0.15, -0.1) is 23.7 Å². The van der Waals surface area contributed by atoms with Gasteiger partial charge >= 0.3 is 0 Å². The van der Waals surface area contributed by atoms with E-state index in [0.717, 1.165) is 51.4 Å². The summed E-state index contributed by atoms with van der Waals surface area (Å²) in [7, 11) is 0. The van der Waals surface area contributed by atoms with Gasteiger partial charge in [-0.2, -0.15) is 5.26 Å². The van der Waals surface area contributed by atoms with Crippen LogP contribution in [0.3, 0.4) is 0 Å². The Balaban J connectivity index is 0.00000423. The van der Waals surface area contributed by atoms with E-state index in [0.29, 0.717) is 39.4 Å². The molecule has 0 aliphatic carbocycles. The molecule has 6 N–H and O–H groups in total. The molecule has 8 nitrogen and oxygen atoms in total. The summed E-state index contributed by atoms with van der Waals surface area (Å²) in [5.74, 6) is -0.726. The third-order valence-electron chi connectivity index (χ3n) is 8.24. The van der Waals surface area contributed by atoms with Crippen LogP contribution in [0.1, 0.15) is 73.0 Å². The van der Waals surface area contributed by atoms with Crippen LogP contribution >= 0.6 is 23.7 Å². The van der Waals surface area contributed by atoms with E-state index >= 15 is 0 Å². The van der Waals surface area contributed by atoms with Crippen LogP contribution in [0.4, 0.5) is 4.39 Å². The van der Waals surface area contributed by atoms with E-state index in [-0.39, 0.29) is 53.5 Å². The van der Waals surface area contributed by atoms with Gasteiger partial charge < -0.3 is 31.3 Å². The summed E-state index contributed by atoms with van der Waals surface area (Å²) < 4.78 is 20.3. The molecule has 2 fully saturated rings. The molecule has 3 atom stereocenters. The van der Waals surface area contributed by atoms with Crippen molar-refractivity contribution in [2.45, 2.75) is 82.2 Å². The Morgan fingerprint density at radius 1 is 1.09 bits per heavy atom. The first-order valence-corrected chi connectivity index (χ1v) is 15.4. The summed E-state index contributed by atoms with van der Waals surface area (Å²) in [6.07, 6.45) is 6.46. The van der Waals surface area contributed by atoms with E-state index in [1.165, 1.54) is 29.5 Å². The molecule has 0 saturated carbocycles. The second-order valence-electron chi connectivity index (χ2n) is 11.2. The summed E-state index contributed by atoms with van der Waals surface area (Å²) in [5, 5.41) is 30.3. The fourth-order valence-corrected chi connectivity index (χ4v) is 7.28. The summed E-state index contributed by atoms with van der Waals surface area (Å²) in [6, 6.07) is 13.2. The zero-order chi connectivity index (χ0) is 29.8. The number of phenols is 1. The number of carbonyl (C=O) groups excluding carboxylic acids is 1. The van der Waals surface area contributed by atoms with Crippen LogP contribution in [-0.4, -0.2) is 52.0 Å². The number of ether oxygens (including phenoxy) is 1. The predicted molar refractivity (Wildman–Crippen MR) is 168 cm³/mol. The van der Waals surface area contributed by atoms with Crippen molar-refractivity contribution >= 4 is 29.7 Å². The molecule has 3 heterocycles. The Morgan fingerprint density at radius 3 is 2.44 bits per heavy atom. The molecule has 0 radical (unpaired) electrons. The third kappa shape index (κ3) is 7.31. The number of aromatic hydroxyl groups is 1. The number of aliphatic hydroxyl groups excluding tert-OH is 1. The fourth-order valence-electron chi connectivity index (χ4n) is 6.16. The third-order valence-corrected chi connectivity index (χ3v) is 9.41. The standard InChI is InChI=1S/C32H37FN4O4S.ClH/c33-26-13-19(6-7-21(26)18-35)25-17-29(32(40)37-23-9-10-24(37)16-22(36)15-23)42-31(25)20-8-11-28(27(38)14-20)41-30(39)5-3-1-2-4-12-34;/h6-8,11,13-14,17,22-24,30,38-39H,1-5,9-10,12,15-16,34,36H2;1H. The van der Waals surface area contributed by atoms with Gasteiger partial charge in [-0.1, -0.05) is 18.9 Å². The Bertz CT molecular complexity index is 1460. The number of phenolic OH excluding ortho intramolecular Hbond substituents is 1. The maximum absolute atomic E-state index is 14.7. The van der Waals surface area contributed by atoms with Crippen LogP contribution in [0.25, 0.3) is 21.6 Å². The van der Waals surface area contributed by atoms with Gasteiger partial charge in [0.15, 0.2) is 17.8 Å². The molecule has 2 aromatic carbocycles. The van der Waals surface area contributed by atoms with E-state index in [1.807, 2.05) is 11.0 Å². The lowest BCUT2D eigenvalue weighted by Crippen LogP contribution is -2.49. The van der Waals surface area contributed by atoms with Crippen molar-refractivity contribution in [2.24, 2.45) is 11.5 Å². The number of nitrogens with zero attached hydrogens (tertiary/aromatic N) is 2. The predicted octanol–water partition coefficient (Wildman–Crippen LogP) is 5.92. The minimum Gasteiger partial charge on any atom is -0.504 e. The molecule has 230 valence electrons. The second kappa shape index (κ2) is 14.5. The number of unbranched alkanes of at least 4 members (excludes halogenated alkanes) is 3. The van der Waals surface area contributed by atoms with Crippen LogP contribution in [0.2, 0.25) is 0 Å². The lowest BCUT2D eigenvalue weighted by Gasteiger charge is -2.37. The number of nitrogens with two attached hydrogens (primary N) is 2. The molecule has 5 rings (SSSR count). The number of thiophene rings is 1. The maximum Gasteiger partial charge on any atom is 0.264 e. The summed E-state index contributed by atoms with van der Waals surface area (Å²) in [5.41, 5.74) is 13.4. The number of halogens is 2. The molecule has 11 heteroatoms. The second-order valence-corrected chi connectivity index (χ2v) is 12.3. The zero-order valence-corrected chi connectivity index (χ0v) is 25.5. The van der Waals surface area contributed by atoms with Gasteiger partial charge in [0.1, 0.15) is 11.9 Å². The maximum atomic E-state index is 14.7. The Hall–Kier alpha value is -3.20. The van der Waals surface area contributed by atoms with Crippen molar-refractivity contribution in [3.63, 3.8) is 0 Å². The molecule has 2 aliphatic heterocycles.